The highest BCUT2D eigenvalue weighted by atomic mass is 35.5. The lowest BCUT2D eigenvalue weighted by Gasteiger charge is -2.29. The number of oxime groups is 1. The number of pyridine rings is 1. The van der Waals surface area contributed by atoms with Crippen LogP contribution in [0.15, 0.2) is 35.6 Å². The Balaban J connectivity index is 2.02. The van der Waals surface area contributed by atoms with Crippen molar-refractivity contribution in [2.45, 2.75) is 25.1 Å². The van der Waals surface area contributed by atoms with E-state index in [1.54, 1.807) is 0 Å². The summed E-state index contributed by atoms with van der Waals surface area (Å²) in [5.74, 6) is -1.19. The number of aryl methyl sites for hydroxylation is 1. The first-order valence-corrected chi connectivity index (χ1v) is 8.28. The first-order chi connectivity index (χ1) is 12.5. The lowest BCUT2D eigenvalue weighted by Crippen LogP contribution is -2.42. The third kappa shape index (κ3) is 3.46. The summed E-state index contributed by atoms with van der Waals surface area (Å²) in [6.07, 6.45) is -4.41. The van der Waals surface area contributed by atoms with E-state index in [4.69, 9.17) is 33.1 Å². The summed E-state index contributed by atoms with van der Waals surface area (Å²) >= 11 is 11.7. The van der Waals surface area contributed by atoms with Crippen molar-refractivity contribution in [3.8, 4) is 0 Å². The SMILES string of the molecule is Cc1cc(C2=NOC(c3cc(Cl)cc(Cl)c3)(C(F)(F)F)C2)ncc1C(=O)O. The topological polar surface area (TPSA) is 71.8 Å². The van der Waals surface area contributed by atoms with Gasteiger partial charge in [0.2, 0.25) is 0 Å². The number of rotatable bonds is 3. The van der Waals surface area contributed by atoms with Gasteiger partial charge in [-0.2, -0.15) is 13.2 Å². The number of hydrogen-bond donors (Lipinski definition) is 1. The van der Waals surface area contributed by atoms with Gasteiger partial charge < -0.3 is 9.94 Å². The monoisotopic (exact) mass is 418 g/mol. The maximum Gasteiger partial charge on any atom is 0.435 e. The van der Waals surface area contributed by atoms with Gasteiger partial charge in [-0.15, -0.1) is 0 Å². The first-order valence-electron chi connectivity index (χ1n) is 7.52. The number of hydrogen-bond acceptors (Lipinski definition) is 4. The average molecular weight is 419 g/mol. The van der Waals surface area contributed by atoms with Crippen molar-refractivity contribution in [1.29, 1.82) is 0 Å². The van der Waals surface area contributed by atoms with Crippen LogP contribution in [0.4, 0.5) is 13.2 Å². The second-order valence-corrected chi connectivity index (χ2v) is 6.85. The van der Waals surface area contributed by atoms with Gasteiger partial charge in [0.15, 0.2) is 0 Å². The molecule has 0 bridgehead atoms. The number of benzene rings is 1. The van der Waals surface area contributed by atoms with Crippen LogP contribution in [0, 0.1) is 6.92 Å². The number of halogens is 5. The number of carboxylic acids is 1. The number of aromatic nitrogens is 1. The largest absolute Gasteiger partial charge is 0.478 e. The van der Waals surface area contributed by atoms with E-state index < -0.39 is 24.2 Å². The molecule has 0 saturated heterocycles. The summed E-state index contributed by atoms with van der Waals surface area (Å²) in [5, 5.41) is 12.7. The summed E-state index contributed by atoms with van der Waals surface area (Å²) in [4.78, 5) is 19.9. The van der Waals surface area contributed by atoms with E-state index in [1.807, 2.05) is 0 Å². The van der Waals surface area contributed by atoms with Crippen LogP contribution in [0.2, 0.25) is 10.0 Å². The van der Waals surface area contributed by atoms with Gasteiger partial charge in [-0.1, -0.05) is 28.4 Å². The number of alkyl halides is 3. The van der Waals surface area contributed by atoms with Crippen molar-refractivity contribution in [3.05, 3.63) is 62.9 Å². The van der Waals surface area contributed by atoms with E-state index in [2.05, 4.69) is 10.1 Å². The zero-order valence-electron chi connectivity index (χ0n) is 13.6. The maximum atomic E-state index is 13.9. The Bertz CT molecular complexity index is 943. The van der Waals surface area contributed by atoms with Crippen LogP contribution >= 0.6 is 23.2 Å². The van der Waals surface area contributed by atoms with Crippen molar-refractivity contribution in [3.63, 3.8) is 0 Å². The van der Waals surface area contributed by atoms with Crippen LogP contribution in [-0.4, -0.2) is 27.9 Å². The van der Waals surface area contributed by atoms with E-state index in [0.717, 1.165) is 18.3 Å². The molecule has 0 aliphatic carbocycles. The lowest BCUT2D eigenvalue weighted by molar-refractivity contribution is -0.275. The van der Waals surface area contributed by atoms with Crippen molar-refractivity contribution < 1.29 is 27.9 Å². The summed E-state index contributed by atoms with van der Waals surface area (Å²) < 4.78 is 41.8. The quantitative estimate of drug-likeness (QED) is 0.762. The summed E-state index contributed by atoms with van der Waals surface area (Å²) in [7, 11) is 0. The Morgan fingerprint density at radius 3 is 2.37 bits per heavy atom. The van der Waals surface area contributed by atoms with E-state index in [0.29, 0.717) is 5.56 Å². The normalized spacial score (nSPS) is 19.6. The highest BCUT2D eigenvalue weighted by molar-refractivity contribution is 6.34. The second kappa shape index (κ2) is 6.69. The molecule has 0 amide bonds. The Morgan fingerprint density at radius 2 is 1.85 bits per heavy atom. The molecule has 1 aliphatic heterocycles. The molecule has 27 heavy (non-hydrogen) atoms. The molecule has 0 radical (unpaired) electrons. The molecule has 142 valence electrons. The van der Waals surface area contributed by atoms with Gasteiger partial charge in [0.05, 0.1) is 17.7 Å². The first kappa shape index (κ1) is 19.4. The molecule has 1 N–H and O–H groups in total. The molecule has 5 nitrogen and oxygen atoms in total. The van der Waals surface area contributed by atoms with Crippen molar-refractivity contribution in [1.82, 2.24) is 4.98 Å². The van der Waals surface area contributed by atoms with E-state index >= 15 is 0 Å². The number of aromatic carboxylic acids is 1. The van der Waals surface area contributed by atoms with Crippen LogP contribution in [-0.2, 0) is 10.4 Å². The predicted octanol–water partition coefficient (Wildman–Crippen LogP) is 4.98. The van der Waals surface area contributed by atoms with Crippen LogP contribution in [0.25, 0.3) is 0 Å². The van der Waals surface area contributed by atoms with E-state index in [9.17, 15) is 18.0 Å². The van der Waals surface area contributed by atoms with Gasteiger partial charge in [-0.25, -0.2) is 4.79 Å². The maximum absolute atomic E-state index is 13.9. The lowest BCUT2D eigenvalue weighted by atomic mass is 9.87. The van der Waals surface area contributed by atoms with Gasteiger partial charge >= 0.3 is 12.1 Å². The van der Waals surface area contributed by atoms with Gasteiger partial charge in [-0.3, -0.25) is 4.98 Å². The Labute approximate surface area is 161 Å². The molecule has 1 aromatic heterocycles. The highest BCUT2D eigenvalue weighted by Crippen LogP contribution is 2.49. The molecular formula is C17H11Cl2F3N2O3. The zero-order chi connectivity index (χ0) is 20.0. The predicted molar refractivity (Wildman–Crippen MR) is 92.4 cm³/mol. The third-order valence-electron chi connectivity index (χ3n) is 4.15. The van der Waals surface area contributed by atoms with Crippen LogP contribution in [0.1, 0.15) is 33.6 Å². The molecule has 0 fully saturated rings. The summed E-state index contributed by atoms with van der Waals surface area (Å²) in [6.45, 7) is 1.51. The molecule has 2 heterocycles. The molecular weight excluding hydrogens is 408 g/mol. The van der Waals surface area contributed by atoms with Gasteiger partial charge in [0.1, 0.15) is 5.71 Å². The number of carbonyl (C=O) groups is 1. The molecule has 1 unspecified atom stereocenters. The van der Waals surface area contributed by atoms with E-state index in [-0.39, 0.29) is 32.6 Å². The molecule has 1 aromatic carbocycles. The Kier molecular flexibility index (Phi) is 4.81. The molecule has 2 aromatic rings. The minimum absolute atomic E-state index is 0.0259. The Morgan fingerprint density at radius 1 is 1.22 bits per heavy atom. The zero-order valence-corrected chi connectivity index (χ0v) is 15.2. The smallest absolute Gasteiger partial charge is 0.435 e. The molecule has 3 rings (SSSR count). The average Bonchev–Trinajstić information content (AvgIpc) is 3.00. The molecule has 1 aliphatic rings. The van der Waals surface area contributed by atoms with Crippen LogP contribution < -0.4 is 0 Å². The van der Waals surface area contributed by atoms with Crippen LogP contribution in [0.5, 0.6) is 0 Å². The number of nitrogens with zero attached hydrogens (tertiary/aromatic N) is 2. The second-order valence-electron chi connectivity index (χ2n) is 5.98. The molecule has 10 heteroatoms. The molecule has 1 atom stereocenters. The van der Waals surface area contributed by atoms with Crippen molar-refractivity contribution in [2.24, 2.45) is 5.16 Å². The Hall–Kier alpha value is -2.32. The van der Waals surface area contributed by atoms with Gasteiger partial charge in [0.25, 0.3) is 5.60 Å². The highest BCUT2D eigenvalue weighted by Gasteiger charge is 2.62. The van der Waals surface area contributed by atoms with Crippen LogP contribution in [0.3, 0.4) is 0 Å². The van der Waals surface area contributed by atoms with Crippen molar-refractivity contribution >= 4 is 34.9 Å². The third-order valence-corrected chi connectivity index (χ3v) is 4.59. The minimum atomic E-state index is -4.82. The fraction of sp³-hybridized carbons (Fsp3) is 0.235. The van der Waals surface area contributed by atoms with Gasteiger partial charge in [-0.05, 0) is 36.8 Å². The number of carboxylic acid groups (broad SMARTS) is 1. The van der Waals surface area contributed by atoms with Gasteiger partial charge in [0, 0.05) is 21.8 Å². The van der Waals surface area contributed by atoms with E-state index in [1.165, 1.54) is 19.1 Å². The van der Waals surface area contributed by atoms with Crippen molar-refractivity contribution in [2.75, 3.05) is 0 Å². The summed E-state index contributed by atoms with van der Waals surface area (Å²) in [5.41, 5.74) is -2.74. The standard InChI is InChI=1S/C17H11Cl2F3N2O3/c1-8-2-13(23-7-12(8)15(25)26)14-6-16(27-24-14,17(20,21)22)9-3-10(18)5-11(19)4-9/h2-5,7H,6H2,1H3,(H,25,26). The fourth-order valence-corrected chi connectivity index (χ4v) is 3.29. The molecule has 0 spiro atoms. The molecule has 0 saturated carbocycles. The summed E-state index contributed by atoms with van der Waals surface area (Å²) in [6, 6.07) is 4.89. The fourth-order valence-electron chi connectivity index (χ4n) is 2.77. The minimum Gasteiger partial charge on any atom is -0.478 e.